The normalized spacial score (nSPS) is 15.3. The van der Waals surface area contributed by atoms with Gasteiger partial charge in [-0.15, -0.1) is 0 Å². The largest absolute Gasteiger partial charge is 0.0839 e. The molecule has 0 saturated heterocycles. The van der Waals surface area contributed by atoms with E-state index in [1.165, 1.54) is 18.4 Å². The lowest BCUT2D eigenvalue weighted by Gasteiger charge is -2.17. The minimum absolute atomic E-state index is 0.507. The molecule has 0 nitrogen and oxygen atoms in total. The maximum atomic E-state index is 3.78. The van der Waals surface area contributed by atoms with Gasteiger partial charge in [0.1, 0.15) is 0 Å². The van der Waals surface area contributed by atoms with Gasteiger partial charge in [0.2, 0.25) is 0 Å². The van der Waals surface area contributed by atoms with E-state index >= 15 is 0 Å². The number of hydrogen-bond donors (Lipinski definition) is 0. The quantitative estimate of drug-likeness (QED) is 0.645. The van der Waals surface area contributed by atoms with Crippen molar-refractivity contribution in [2.45, 2.75) is 38.4 Å². The van der Waals surface area contributed by atoms with Crippen molar-refractivity contribution >= 4 is 15.9 Å². The van der Waals surface area contributed by atoms with E-state index < -0.39 is 0 Å². The van der Waals surface area contributed by atoms with Gasteiger partial charge in [-0.1, -0.05) is 67.0 Å². The van der Waals surface area contributed by atoms with Gasteiger partial charge in [-0.25, -0.2) is 0 Å². The van der Waals surface area contributed by atoms with E-state index in [1.54, 1.807) is 0 Å². The topological polar surface area (TPSA) is 0 Å². The van der Waals surface area contributed by atoms with Crippen LogP contribution in [0, 0.1) is 11.8 Å². The van der Waals surface area contributed by atoms with Crippen molar-refractivity contribution < 1.29 is 0 Å². The zero-order chi connectivity index (χ0) is 11.3. The Hall–Kier alpha value is -0.300. The molecule has 0 spiro atoms. The molecule has 84 valence electrons. The molecule has 1 rings (SSSR count). The summed E-state index contributed by atoms with van der Waals surface area (Å²) in [5.74, 6) is 1.59. The average Bonchev–Trinajstić information content (AvgIpc) is 2.17. The maximum Gasteiger partial charge on any atom is 0.0397 e. The van der Waals surface area contributed by atoms with Crippen LogP contribution in [0.5, 0.6) is 0 Å². The monoisotopic (exact) mass is 268 g/mol. The maximum absolute atomic E-state index is 3.78. The Morgan fingerprint density at radius 2 is 1.60 bits per heavy atom. The zero-order valence-corrected chi connectivity index (χ0v) is 11.5. The van der Waals surface area contributed by atoms with Crippen LogP contribution < -0.4 is 0 Å². The van der Waals surface area contributed by atoms with Crippen LogP contribution in [0.2, 0.25) is 0 Å². The van der Waals surface area contributed by atoms with Crippen LogP contribution in [0.15, 0.2) is 30.3 Å². The van der Waals surface area contributed by atoms with Gasteiger partial charge >= 0.3 is 0 Å². The smallest absolute Gasteiger partial charge is 0.0397 e. The van der Waals surface area contributed by atoms with Crippen molar-refractivity contribution in [3.8, 4) is 0 Å². The first-order chi connectivity index (χ1) is 7.09. The number of hydrogen-bond acceptors (Lipinski definition) is 0. The highest BCUT2D eigenvalue weighted by atomic mass is 79.9. The minimum Gasteiger partial charge on any atom is -0.0839 e. The van der Waals surface area contributed by atoms with Gasteiger partial charge in [0.05, 0.1) is 0 Å². The first-order valence-corrected chi connectivity index (χ1v) is 6.70. The van der Waals surface area contributed by atoms with Crippen LogP contribution >= 0.6 is 15.9 Å². The van der Waals surface area contributed by atoms with Crippen molar-refractivity contribution in [3.05, 3.63) is 35.9 Å². The van der Waals surface area contributed by atoms with Crippen LogP contribution in [-0.2, 0) is 0 Å². The van der Waals surface area contributed by atoms with Gasteiger partial charge in [0.15, 0.2) is 0 Å². The molecule has 0 aromatic heterocycles. The summed E-state index contributed by atoms with van der Waals surface area (Å²) in [6, 6.07) is 10.7. The minimum atomic E-state index is 0.507. The molecule has 1 aromatic carbocycles. The molecule has 0 aliphatic heterocycles. The Bertz CT molecular complexity index is 266. The van der Waals surface area contributed by atoms with Gasteiger partial charge in [0, 0.05) is 4.83 Å². The number of rotatable bonds is 5. The molecule has 15 heavy (non-hydrogen) atoms. The highest BCUT2D eigenvalue weighted by molar-refractivity contribution is 9.09. The lowest BCUT2D eigenvalue weighted by Crippen LogP contribution is -2.03. The Morgan fingerprint density at radius 3 is 2.13 bits per heavy atom. The van der Waals surface area contributed by atoms with E-state index in [9.17, 15) is 0 Å². The molecule has 1 aromatic rings. The second-order valence-corrected chi connectivity index (χ2v) is 5.95. The molecule has 0 aliphatic carbocycles. The van der Waals surface area contributed by atoms with E-state index in [0.29, 0.717) is 4.83 Å². The Balaban J connectivity index is 2.45. The predicted molar refractivity (Wildman–Crippen MR) is 71.3 cm³/mol. The van der Waals surface area contributed by atoms with Crippen molar-refractivity contribution in [1.29, 1.82) is 0 Å². The molecule has 0 bridgehead atoms. The van der Waals surface area contributed by atoms with Crippen molar-refractivity contribution in [2.24, 2.45) is 11.8 Å². The molecule has 0 aliphatic rings. The molecule has 2 unspecified atom stereocenters. The van der Waals surface area contributed by atoms with Crippen LogP contribution in [0.3, 0.4) is 0 Å². The third-order valence-electron chi connectivity index (χ3n) is 2.64. The molecule has 0 amide bonds. The Kier molecular flexibility index (Phi) is 5.38. The second kappa shape index (κ2) is 6.32. The lowest BCUT2D eigenvalue weighted by atomic mass is 9.93. The summed E-state index contributed by atoms with van der Waals surface area (Å²) >= 11 is 3.78. The number of halogens is 1. The highest BCUT2D eigenvalue weighted by Gasteiger charge is 2.12. The van der Waals surface area contributed by atoms with Gasteiger partial charge in [-0.05, 0) is 30.2 Å². The number of alkyl halides is 1. The van der Waals surface area contributed by atoms with Crippen molar-refractivity contribution in [1.82, 2.24) is 0 Å². The Morgan fingerprint density at radius 1 is 1.00 bits per heavy atom. The third-order valence-corrected chi connectivity index (χ3v) is 3.55. The first-order valence-electron chi connectivity index (χ1n) is 5.78. The molecular formula is C14H21Br. The summed E-state index contributed by atoms with van der Waals surface area (Å²) in [4.78, 5) is 0.507. The highest BCUT2D eigenvalue weighted by Crippen LogP contribution is 2.31. The van der Waals surface area contributed by atoms with Gasteiger partial charge in [0.25, 0.3) is 0 Å². The summed E-state index contributed by atoms with van der Waals surface area (Å²) in [7, 11) is 0. The standard InChI is InChI=1S/C14H21Br/c1-11(2)9-12(3)10-14(15)13-7-5-4-6-8-13/h4-8,11-12,14H,9-10H2,1-3H3. The summed E-state index contributed by atoms with van der Waals surface area (Å²) in [5, 5.41) is 0. The molecule has 1 heteroatoms. The molecule has 0 saturated carbocycles. The molecule has 0 N–H and O–H groups in total. The van der Waals surface area contributed by atoms with E-state index in [-0.39, 0.29) is 0 Å². The summed E-state index contributed by atoms with van der Waals surface area (Å²) < 4.78 is 0. The summed E-state index contributed by atoms with van der Waals surface area (Å²) in [6.07, 6.45) is 2.54. The fourth-order valence-electron chi connectivity index (χ4n) is 2.05. The molecule has 0 fully saturated rings. The van der Waals surface area contributed by atoms with Crippen molar-refractivity contribution in [2.75, 3.05) is 0 Å². The van der Waals surface area contributed by atoms with Crippen LogP contribution in [-0.4, -0.2) is 0 Å². The van der Waals surface area contributed by atoms with Gasteiger partial charge < -0.3 is 0 Å². The van der Waals surface area contributed by atoms with E-state index in [2.05, 4.69) is 67.0 Å². The Labute approximate surface area is 102 Å². The lowest BCUT2D eigenvalue weighted by molar-refractivity contribution is 0.414. The predicted octanol–water partition coefficient (Wildman–Crippen LogP) is 5.19. The fraction of sp³-hybridized carbons (Fsp3) is 0.571. The fourth-order valence-corrected chi connectivity index (χ4v) is 3.00. The second-order valence-electron chi connectivity index (χ2n) is 4.85. The summed E-state index contributed by atoms with van der Waals surface area (Å²) in [6.45, 7) is 6.93. The molecule has 0 radical (unpaired) electrons. The first kappa shape index (κ1) is 12.8. The third kappa shape index (κ3) is 4.83. The van der Waals surface area contributed by atoms with Crippen LogP contribution in [0.1, 0.15) is 44.0 Å². The van der Waals surface area contributed by atoms with Crippen LogP contribution in [0.25, 0.3) is 0 Å². The zero-order valence-electron chi connectivity index (χ0n) is 9.91. The van der Waals surface area contributed by atoms with Gasteiger partial charge in [-0.2, -0.15) is 0 Å². The SMILES string of the molecule is CC(C)CC(C)CC(Br)c1ccccc1. The summed E-state index contributed by atoms with van der Waals surface area (Å²) in [5.41, 5.74) is 1.40. The molecular weight excluding hydrogens is 248 g/mol. The van der Waals surface area contributed by atoms with Crippen molar-refractivity contribution in [3.63, 3.8) is 0 Å². The van der Waals surface area contributed by atoms with E-state index in [4.69, 9.17) is 0 Å². The van der Waals surface area contributed by atoms with E-state index in [0.717, 1.165) is 11.8 Å². The molecule has 0 heterocycles. The number of benzene rings is 1. The average molecular weight is 269 g/mol. The molecule has 2 atom stereocenters. The van der Waals surface area contributed by atoms with E-state index in [1.807, 2.05) is 0 Å². The van der Waals surface area contributed by atoms with Crippen LogP contribution in [0.4, 0.5) is 0 Å². The van der Waals surface area contributed by atoms with Gasteiger partial charge in [-0.3, -0.25) is 0 Å².